The number of aromatic nitrogens is 3. The lowest BCUT2D eigenvalue weighted by Crippen LogP contribution is -2.12. The summed E-state index contributed by atoms with van der Waals surface area (Å²) in [5.41, 5.74) is 12.7. The number of H-pyrrole nitrogens is 1. The summed E-state index contributed by atoms with van der Waals surface area (Å²) in [5, 5.41) is 8.45. The van der Waals surface area contributed by atoms with Crippen LogP contribution in [0.25, 0.3) is 44.3 Å². The first-order valence-electron chi connectivity index (χ1n) is 11.5. The highest BCUT2D eigenvalue weighted by Crippen LogP contribution is 2.33. The van der Waals surface area contributed by atoms with Crippen LogP contribution >= 0.6 is 0 Å². The molecule has 3 aromatic carbocycles. The van der Waals surface area contributed by atoms with E-state index in [2.05, 4.69) is 40.7 Å². The third-order valence-corrected chi connectivity index (χ3v) is 5.85. The topological polar surface area (TPSA) is 114 Å². The van der Waals surface area contributed by atoms with Crippen molar-refractivity contribution in [2.24, 2.45) is 5.73 Å². The molecule has 5 aromatic rings. The smallest absolute Gasteiger partial charge is 0.300 e. The highest BCUT2D eigenvalue weighted by molar-refractivity contribution is 5.98. The fraction of sp³-hybridized carbons (Fsp3) is 0.179. The molecule has 0 spiro atoms. The third kappa shape index (κ3) is 5.00. The molecule has 35 heavy (non-hydrogen) atoms. The Kier molecular flexibility index (Phi) is 7.08. The van der Waals surface area contributed by atoms with E-state index >= 15 is 0 Å². The lowest BCUT2D eigenvalue weighted by atomic mass is 10.0. The minimum Gasteiger partial charge on any atom is -0.481 e. The van der Waals surface area contributed by atoms with E-state index in [1.807, 2.05) is 48.5 Å². The SMILES string of the molecule is CC(=O)O.Cc1c(-c2nc3ccc(-c4ccccc4)cc3[nH]c2=O)c2ccccc2n1CCCN. The zero-order valence-electron chi connectivity index (χ0n) is 19.8. The van der Waals surface area contributed by atoms with Gasteiger partial charge in [0, 0.05) is 35.6 Å². The predicted molar refractivity (Wildman–Crippen MR) is 140 cm³/mol. The Labute approximate surface area is 202 Å². The van der Waals surface area contributed by atoms with Crippen LogP contribution in [0.4, 0.5) is 0 Å². The van der Waals surface area contributed by atoms with Gasteiger partial charge in [-0.15, -0.1) is 0 Å². The standard InChI is InChI=1S/C26H24N4O.C2H4O2/c1-17-24(20-10-5-6-11-23(20)30(17)15-7-14-27)25-26(31)29-22-16-19(12-13-21(22)28-25)18-8-3-2-4-9-18;1-2(3)4/h2-6,8-13,16H,7,14-15,27H2,1H3,(H,29,31);1H3,(H,3,4). The summed E-state index contributed by atoms with van der Waals surface area (Å²) in [6, 6.07) is 24.3. The van der Waals surface area contributed by atoms with Crippen molar-refractivity contribution < 1.29 is 9.90 Å². The van der Waals surface area contributed by atoms with Gasteiger partial charge in [-0.1, -0.05) is 54.6 Å². The van der Waals surface area contributed by atoms with E-state index in [0.717, 1.165) is 64.2 Å². The molecule has 7 nitrogen and oxygen atoms in total. The Balaban J connectivity index is 0.000000672. The number of para-hydroxylation sites is 1. The molecule has 0 unspecified atom stereocenters. The van der Waals surface area contributed by atoms with Crippen molar-refractivity contribution in [1.82, 2.24) is 14.5 Å². The van der Waals surface area contributed by atoms with Gasteiger partial charge in [0.05, 0.1) is 11.0 Å². The molecule has 0 atom stereocenters. The highest BCUT2D eigenvalue weighted by atomic mass is 16.4. The number of aryl methyl sites for hydroxylation is 1. The maximum Gasteiger partial charge on any atom is 0.300 e. The van der Waals surface area contributed by atoms with E-state index in [1.54, 1.807) is 0 Å². The summed E-state index contributed by atoms with van der Waals surface area (Å²) in [6.45, 7) is 4.57. The Hall–Kier alpha value is -4.23. The van der Waals surface area contributed by atoms with Crippen LogP contribution in [0.2, 0.25) is 0 Å². The fourth-order valence-corrected chi connectivity index (χ4v) is 4.33. The monoisotopic (exact) mass is 468 g/mol. The molecule has 2 heterocycles. The van der Waals surface area contributed by atoms with Crippen molar-refractivity contribution >= 4 is 27.9 Å². The molecule has 5 rings (SSSR count). The van der Waals surface area contributed by atoms with Gasteiger partial charge in [-0.3, -0.25) is 9.59 Å². The lowest BCUT2D eigenvalue weighted by Gasteiger charge is -2.08. The molecule has 2 aromatic heterocycles. The number of rotatable bonds is 5. The molecule has 0 saturated heterocycles. The molecule has 0 radical (unpaired) electrons. The lowest BCUT2D eigenvalue weighted by molar-refractivity contribution is -0.134. The number of benzene rings is 3. The van der Waals surface area contributed by atoms with E-state index in [4.69, 9.17) is 20.6 Å². The summed E-state index contributed by atoms with van der Waals surface area (Å²) in [4.78, 5) is 30.0. The van der Waals surface area contributed by atoms with Gasteiger partial charge in [0.15, 0.2) is 0 Å². The van der Waals surface area contributed by atoms with Gasteiger partial charge in [0.25, 0.3) is 11.5 Å². The Morgan fingerprint density at radius 2 is 1.71 bits per heavy atom. The van der Waals surface area contributed by atoms with Gasteiger partial charge in [0.2, 0.25) is 0 Å². The third-order valence-electron chi connectivity index (χ3n) is 5.85. The Morgan fingerprint density at radius 3 is 2.43 bits per heavy atom. The van der Waals surface area contributed by atoms with Crippen molar-refractivity contribution in [2.45, 2.75) is 26.8 Å². The van der Waals surface area contributed by atoms with Crippen LogP contribution in [0.3, 0.4) is 0 Å². The van der Waals surface area contributed by atoms with Crippen LogP contribution < -0.4 is 11.3 Å². The number of nitrogens with zero attached hydrogens (tertiary/aromatic N) is 2. The summed E-state index contributed by atoms with van der Waals surface area (Å²) in [5.74, 6) is -0.833. The maximum atomic E-state index is 13.2. The quantitative estimate of drug-likeness (QED) is 0.337. The second kappa shape index (κ2) is 10.4. The highest BCUT2D eigenvalue weighted by Gasteiger charge is 2.19. The van der Waals surface area contributed by atoms with Gasteiger partial charge in [-0.05, 0) is 49.2 Å². The average molecular weight is 469 g/mol. The van der Waals surface area contributed by atoms with Gasteiger partial charge >= 0.3 is 0 Å². The second-order valence-corrected chi connectivity index (χ2v) is 8.30. The first-order chi connectivity index (χ1) is 16.9. The van der Waals surface area contributed by atoms with Gasteiger partial charge in [-0.25, -0.2) is 4.98 Å². The first kappa shape index (κ1) is 23.9. The second-order valence-electron chi connectivity index (χ2n) is 8.30. The minimum atomic E-state index is -0.833. The molecule has 178 valence electrons. The zero-order valence-corrected chi connectivity index (χ0v) is 19.8. The first-order valence-corrected chi connectivity index (χ1v) is 11.5. The zero-order chi connectivity index (χ0) is 24.9. The maximum absolute atomic E-state index is 13.2. The van der Waals surface area contributed by atoms with Crippen molar-refractivity contribution in [3.8, 4) is 22.4 Å². The van der Waals surface area contributed by atoms with Crippen LogP contribution in [-0.2, 0) is 11.3 Å². The van der Waals surface area contributed by atoms with Crippen molar-refractivity contribution in [1.29, 1.82) is 0 Å². The normalized spacial score (nSPS) is 10.8. The molecular weight excluding hydrogens is 440 g/mol. The van der Waals surface area contributed by atoms with E-state index in [0.29, 0.717) is 12.2 Å². The number of hydrogen-bond acceptors (Lipinski definition) is 4. The number of carbonyl (C=O) groups is 1. The van der Waals surface area contributed by atoms with Gasteiger partial charge in [0.1, 0.15) is 5.69 Å². The molecule has 0 aliphatic heterocycles. The summed E-state index contributed by atoms with van der Waals surface area (Å²) < 4.78 is 2.24. The number of carboxylic acid groups (broad SMARTS) is 1. The number of aliphatic carboxylic acids is 1. The molecule has 0 fully saturated rings. The van der Waals surface area contributed by atoms with Crippen molar-refractivity contribution in [3.05, 3.63) is 88.8 Å². The predicted octanol–water partition coefficient (Wildman–Crippen LogP) is 4.96. The molecular formula is C28H28N4O3. The van der Waals surface area contributed by atoms with E-state index in [9.17, 15) is 4.79 Å². The number of fused-ring (bicyclic) bond motifs is 2. The molecule has 0 amide bonds. The van der Waals surface area contributed by atoms with Crippen LogP contribution in [0.15, 0.2) is 77.6 Å². The van der Waals surface area contributed by atoms with Crippen LogP contribution in [0.5, 0.6) is 0 Å². The number of carboxylic acids is 1. The average Bonchev–Trinajstić information content (AvgIpc) is 3.13. The number of hydrogen-bond donors (Lipinski definition) is 3. The molecule has 0 saturated carbocycles. The largest absolute Gasteiger partial charge is 0.481 e. The van der Waals surface area contributed by atoms with E-state index in [-0.39, 0.29) is 5.56 Å². The summed E-state index contributed by atoms with van der Waals surface area (Å²) in [7, 11) is 0. The van der Waals surface area contributed by atoms with Gasteiger partial charge in [-0.2, -0.15) is 0 Å². The van der Waals surface area contributed by atoms with Crippen LogP contribution in [-0.4, -0.2) is 32.2 Å². The fourth-order valence-electron chi connectivity index (χ4n) is 4.33. The molecule has 0 bridgehead atoms. The minimum absolute atomic E-state index is 0.178. The molecule has 4 N–H and O–H groups in total. The Bertz CT molecular complexity index is 1550. The van der Waals surface area contributed by atoms with Gasteiger partial charge < -0.3 is 20.4 Å². The molecule has 0 aliphatic carbocycles. The van der Waals surface area contributed by atoms with E-state index < -0.39 is 5.97 Å². The molecule has 0 aliphatic rings. The Morgan fingerprint density at radius 1 is 1.03 bits per heavy atom. The van der Waals surface area contributed by atoms with Crippen LogP contribution in [0.1, 0.15) is 19.0 Å². The number of nitrogens with two attached hydrogens (primary N) is 1. The number of aromatic amines is 1. The van der Waals surface area contributed by atoms with Crippen molar-refractivity contribution in [2.75, 3.05) is 6.54 Å². The number of nitrogens with one attached hydrogen (secondary N) is 1. The summed E-state index contributed by atoms with van der Waals surface area (Å²) in [6.07, 6.45) is 0.878. The van der Waals surface area contributed by atoms with Crippen molar-refractivity contribution in [3.63, 3.8) is 0 Å². The van der Waals surface area contributed by atoms with Crippen LogP contribution in [0, 0.1) is 6.92 Å². The molecule has 7 heteroatoms. The summed E-state index contributed by atoms with van der Waals surface area (Å²) >= 11 is 0. The van der Waals surface area contributed by atoms with E-state index in [1.165, 1.54) is 0 Å².